The Morgan fingerprint density at radius 2 is 2.00 bits per heavy atom. The predicted octanol–water partition coefficient (Wildman–Crippen LogP) is 2.09. The van der Waals surface area contributed by atoms with E-state index in [1.807, 2.05) is 20.8 Å². The van der Waals surface area contributed by atoms with Gasteiger partial charge in [-0.05, 0) is 32.4 Å². The summed E-state index contributed by atoms with van der Waals surface area (Å²) in [6, 6.07) is 5.31. The first-order chi connectivity index (χ1) is 7.41. The number of aliphatic hydroxyl groups excluding tert-OH is 1. The van der Waals surface area contributed by atoms with Crippen LogP contribution in [0.15, 0.2) is 23.1 Å². The summed E-state index contributed by atoms with van der Waals surface area (Å²) >= 11 is 0. The molecule has 0 saturated heterocycles. The van der Waals surface area contributed by atoms with Crippen LogP contribution in [0, 0.1) is 0 Å². The first-order valence-electron chi connectivity index (χ1n) is 5.10. The van der Waals surface area contributed by atoms with Crippen LogP contribution in [0.25, 0.3) is 0 Å². The summed E-state index contributed by atoms with van der Waals surface area (Å²) < 4.78 is 17.2. The van der Waals surface area contributed by atoms with Crippen LogP contribution < -0.4 is 4.74 Å². The van der Waals surface area contributed by atoms with Crippen LogP contribution in [0.5, 0.6) is 5.75 Å². The molecule has 1 aromatic rings. The molecule has 1 atom stereocenters. The molecule has 0 saturated carbocycles. The number of benzene rings is 1. The van der Waals surface area contributed by atoms with E-state index < -0.39 is 10.8 Å². The van der Waals surface area contributed by atoms with Crippen molar-refractivity contribution in [2.24, 2.45) is 0 Å². The molecule has 3 nitrogen and oxygen atoms in total. The molecule has 0 aliphatic carbocycles. The average Bonchev–Trinajstić information content (AvgIpc) is 2.25. The highest BCUT2D eigenvalue weighted by atomic mass is 32.2. The quantitative estimate of drug-likeness (QED) is 0.883. The lowest BCUT2D eigenvalue weighted by atomic mass is 10.2. The van der Waals surface area contributed by atoms with E-state index in [0.717, 1.165) is 0 Å². The lowest BCUT2D eigenvalue weighted by Gasteiger charge is -2.21. The van der Waals surface area contributed by atoms with Crippen molar-refractivity contribution in [3.05, 3.63) is 23.8 Å². The van der Waals surface area contributed by atoms with Gasteiger partial charge in [0, 0.05) is 4.75 Å². The molecule has 0 radical (unpaired) electrons. The molecule has 0 aliphatic heterocycles. The molecule has 1 aromatic carbocycles. The van der Waals surface area contributed by atoms with Crippen LogP contribution in [-0.2, 0) is 17.4 Å². The van der Waals surface area contributed by atoms with E-state index in [-0.39, 0.29) is 11.4 Å². The minimum absolute atomic E-state index is 0.131. The molecule has 1 N–H and O–H groups in total. The first kappa shape index (κ1) is 13.2. The van der Waals surface area contributed by atoms with Crippen LogP contribution in [0.4, 0.5) is 0 Å². The third-order valence-corrected chi connectivity index (χ3v) is 4.14. The largest absolute Gasteiger partial charge is 0.495 e. The van der Waals surface area contributed by atoms with Gasteiger partial charge in [0.2, 0.25) is 0 Å². The summed E-state index contributed by atoms with van der Waals surface area (Å²) in [4.78, 5) is 0.597. The predicted molar refractivity (Wildman–Crippen MR) is 65.1 cm³/mol. The second-order valence-electron chi connectivity index (χ2n) is 4.49. The van der Waals surface area contributed by atoms with Crippen molar-refractivity contribution < 1.29 is 14.1 Å². The molecule has 16 heavy (non-hydrogen) atoms. The number of hydrogen-bond acceptors (Lipinski definition) is 3. The van der Waals surface area contributed by atoms with Gasteiger partial charge in [0.25, 0.3) is 0 Å². The SMILES string of the molecule is COc1cccc(CO)c1[S@](=O)C(C)(C)C. The topological polar surface area (TPSA) is 46.5 Å². The molecule has 0 aliphatic rings. The van der Waals surface area contributed by atoms with Gasteiger partial charge < -0.3 is 9.84 Å². The maximum Gasteiger partial charge on any atom is 0.135 e. The number of hydrogen-bond donors (Lipinski definition) is 1. The third-order valence-electron chi connectivity index (χ3n) is 2.19. The van der Waals surface area contributed by atoms with Crippen molar-refractivity contribution >= 4 is 10.8 Å². The minimum atomic E-state index is -1.21. The molecule has 0 fully saturated rings. The summed E-state index contributed by atoms with van der Waals surface area (Å²) in [5, 5.41) is 9.26. The summed E-state index contributed by atoms with van der Waals surface area (Å²) in [5.74, 6) is 0.569. The maximum atomic E-state index is 12.3. The van der Waals surface area contributed by atoms with Crippen molar-refractivity contribution in [3.63, 3.8) is 0 Å². The van der Waals surface area contributed by atoms with E-state index in [4.69, 9.17) is 4.74 Å². The number of aliphatic hydroxyl groups is 1. The van der Waals surface area contributed by atoms with Gasteiger partial charge in [0.15, 0.2) is 0 Å². The van der Waals surface area contributed by atoms with Crippen LogP contribution in [-0.4, -0.2) is 21.2 Å². The van der Waals surface area contributed by atoms with Gasteiger partial charge in [-0.2, -0.15) is 0 Å². The van der Waals surface area contributed by atoms with E-state index in [2.05, 4.69) is 0 Å². The molecule has 0 bridgehead atoms. The van der Waals surface area contributed by atoms with Crippen LogP contribution in [0.3, 0.4) is 0 Å². The van der Waals surface area contributed by atoms with E-state index in [1.165, 1.54) is 0 Å². The molecule has 1 rings (SSSR count). The van der Waals surface area contributed by atoms with Crippen LogP contribution in [0.1, 0.15) is 26.3 Å². The van der Waals surface area contributed by atoms with Crippen molar-refractivity contribution in [1.29, 1.82) is 0 Å². The monoisotopic (exact) mass is 242 g/mol. The molecule has 0 unspecified atom stereocenters. The molecule has 0 aromatic heterocycles. The van der Waals surface area contributed by atoms with Gasteiger partial charge in [-0.3, -0.25) is 4.21 Å². The Morgan fingerprint density at radius 1 is 1.38 bits per heavy atom. The van der Waals surface area contributed by atoms with Gasteiger partial charge in [0.05, 0.1) is 29.4 Å². The summed E-state index contributed by atoms with van der Waals surface area (Å²) in [6.45, 7) is 5.57. The van der Waals surface area contributed by atoms with Gasteiger partial charge in [-0.25, -0.2) is 0 Å². The Bertz CT molecular complexity index is 371. The fourth-order valence-corrected chi connectivity index (χ4v) is 2.68. The molecule has 0 amide bonds. The number of rotatable bonds is 3. The van der Waals surface area contributed by atoms with Gasteiger partial charge in [-0.15, -0.1) is 0 Å². The molecule has 0 spiro atoms. The normalized spacial score (nSPS) is 13.6. The zero-order chi connectivity index (χ0) is 12.3. The van der Waals surface area contributed by atoms with Gasteiger partial charge in [-0.1, -0.05) is 12.1 Å². The second-order valence-corrected chi connectivity index (χ2v) is 6.66. The molecular weight excluding hydrogens is 224 g/mol. The average molecular weight is 242 g/mol. The van der Waals surface area contributed by atoms with Crippen molar-refractivity contribution in [2.45, 2.75) is 37.0 Å². The van der Waals surface area contributed by atoms with E-state index in [9.17, 15) is 9.32 Å². The Morgan fingerprint density at radius 3 is 2.44 bits per heavy atom. The van der Waals surface area contributed by atoms with Crippen molar-refractivity contribution in [2.75, 3.05) is 7.11 Å². The van der Waals surface area contributed by atoms with Crippen molar-refractivity contribution in [1.82, 2.24) is 0 Å². The number of ether oxygens (including phenoxy) is 1. The smallest absolute Gasteiger partial charge is 0.135 e. The lowest BCUT2D eigenvalue weighted by molar-refractivity contribution is 0.277. The fraction of sp³-hybridized carbons (Fsp3) is 0.500. The lowest BCUT2D eigenvalue weighted by Crippen LogP contribution is -2.23. The Labute approximate surface area is 98.9 Å². The first-order valence-corrected chi connectivity index (χ1v) is 6.25. The highest BCUT2D eigenvalue weighted by Gasteiger charge is 2.26. The molecule has 0 heterocycles. The highest BCUT2D eigenvalue weighted by molar-refractivity contribution is 7.86. The Hall–Kier alpha value is -0.870. The summed E-state index contributed by atoms with van der Waals surface area (Å²) in [5.41, 5.74) is 0.660. The van der Waals surface area contributed by atoms with E-state index in [0.29, 0.717) is 16.2 Å². The summed E-state index contributed by atoms with van der Waals surface area (Å²) in [6.07, 6.45) is 0. The summed E-state index contributed by atoms with van der Waals surface area (Å²) in [7, 11) is 0.333. The van der Waals surface area contributed by atoms with Crippen molar-refractivity contribution in [3.8, 4) is 5.75 Å². The fourth-order valence-electron chi connectivity index (χ4n) is 1.36. The molecular formula is C12H18O3S. The second kappa shape index (κ2) is 4.97. The molecule has 90 valence electrons. The zero-order valence-electron chi connectivity index (χ0n) is 10.1. The maximum absolute atomic E-state index is 12.3. The van der Waals surface area contributed by atoms with Gasteiger partial charge >= 0.3 is 0 Å². The minimum Gasteiger partial charge on any atom is -0.495 e. The van der Waals surface area contributed by atoms with E-state index in [1.54, 1.807) is 25.3 Å². The third kappa shape index (κ3) is 2.62. The van der Waals surface area contributed by atoms with Crippen LogP contribution >= 0.6 is 0 Å². The Balaban J connectivity index is 3.34. The zero-order valence-corrected chi connectivity index (χ0v) is 10.9. The number of methoxy groups -OCH3 is 1. The molecule has 4 heteroatoms. The van der Waals surface area contributed by atoms with E-state index >= 15 is 0 Å². The Kier molecular flexibility index (Phi) is 4.10. The highest BCUT2D eigenvalue weighted by Crippen LogP contribution is 2.31. The standard InChI is InChI=1S/C12H18O3S/c1-12(2,3)16(14)11-9(8-13)6-5-7-10(11)15-4/h5-7,13H,8H2,1-4H3/t16-/m0/s1. The van der Waals surface area contributed by atoms with Gasteiger partial charge in [0.1, 0.15) is 5.75 Å². The van der Waals surface area contributed by atoms with Crippen LogP contribution in [0.2, 0.25) is 0 Å².